The highest BCUT2D eigenvalue weighted by Gasteiger charge is 2.19. The number of esters is 1. The van der Waals surface area contributed by atoms with E-state index in [9.17, 15) is 19.5 Å². The fourth-order valence-corrected chi connectivity index (χ4v) is 3.69. The van der Waals surface area contributed by atoms with Crippen molar-refractivity contribution < 1.29 is 52.4 Å². The summed E-state index contributed by atoms with van der Waals surface area (Å²) in [5.74, 6) is 0.880. The van der Waals surface area contributed by atoms with E-state index < -0.39 is 24.9 Å². The van der Waals surface area contributed by atoms with Gasteiger partial charge >= 0.3 is 13.8 Å². The molecule has 1 unspecified atom stereocenters. The normalized spacial score (nSPS) is 12.0. The Hall–Kier alpha value is -4.57. The molecule has 43 heavy (non-hydrogen) atoms. The molecule has 1 atom stereocenters. The van der Waals surface area contributed by atoms with Crippen LogP contribution in [0.2, 0.25) is 0 Å². The highest BCUT2D eigenvalue weighted by atomic mass is 31.2. The molecule has 0 saturated heterocycles. The smallest absolute Gasteiger partial charge is 0.493 e. The number of nitrogens with two attached hydrogens (primary N) is 2. The first-order valence-corrected chi connectivity index (χ1v) is 13.8. The maximum atomic E-state index is 11.1. The summed E-state index contributed by atoms with van der Waals surface area (Å²) < 4.78 is 41.2. The number of carbonyl (C=O) groups excluding carboxylic acids is 1. The van der Waals surface area contributed by atoms with E-state index in [0.29, 0.717) is 35.7 Å². The van der Waals surface area contributed by atoms with Gasteiger partial charge in [0.15, 0.2) is 28.0 Å². The van der Waals surface area contributed by atoms with E-state index in [-0.39, 0.29) is 24.0 Å². The molecule has 2 aromatic rings. The van der Waals surface area contributed by atoms with Crippen molar-refractivity contribution in [3.63, 3.8) is 0 Å². The second kappa shape index (κ2) is 18.1. The summed E-state index contributed by atoms with van der Waals surface area (Å²) in [6.45, 7) is 0.247. The van der Waals surface area contributed by atoms with E-state index in [0.717, 1.165) is 5.56 Å². The summed E-state index contributed by atoms with van der Waals surface area (Å²) in [7, 11) is 2.50. The number of nitro groups is 1. The minimum atomic E-state index is -4.71. The molecule has 0 aliphatic heterocycles. The van der Waals surface area contributed by atoms with Crippen LogP contribution < -0.4 is 40.4 Å². The Morgan fingerprint density at radius 1 is 1.00 bits per heavy atom. The van der Waals surface area contributed by atoms with Crippen molar-refractivity contribution in [1.82, 2.24) is 5.43 Å². The highest BCUT2D eigenvalue weighted by molar-refractivity contribution is 7.46. The Morgan fingerprint density at radius 2 is 1.56 bits per heavy atom. The largest absolute Gasteiger partial charge is 0.524 e. The second-order valence-electron chi connectivity index (χ2n) is 8.19. The van der Waals surface area contributed by atoms with Crippen molar-refractivity contribution in [3.8, 4) is 28.7 Å². The van der Waals surface area contributed by atoms with Gasteiger partial charge in [0.05, 0.1) is 35.5 Å². The van der Waals surface area contributed by atoms with Crippen LogP contribution >= 0.6 is 7.82 Å². The minimum absolute atomic E-state index is 0.0575. The molecule has 0 fully saturated rings. The van der Waals surface area contributed by atoms with Crippen LogP contribution in [0.25, 0.3) is 12.2 Å². The number of ether oxygens (including phenoxy) is 5. The maximum absolute atomic E-state index is 11.1. The number of nitrogens with one attached hydrogen (secondary N) is 1. The molecule has 0 bridgehead atoms. The molecule has 0 radical (unpaired) electrons. The zero-order chi connectivity index (χ0) is 32.6. The quantitative estimate of drug-likeness (QED) is 0.0292. The fraction of sp³-hybridized carbons (Fsp3) is 0.360. The Balaban J connectivity index is 0.000000496. The summed E-state index contributed by atoms with van der Waals surface area (Å²) in [4.78, 5) is 42.5. The van der Waals surface area contributed by atoms with E-state index in [1.54, 1.807) is 41.8 Å². The molecular weight excluding hydrogens is 593 g/mol. The van der Waals surface area contributed by atoms with Crippen LogP contribution in [0.3, 0.4) is 0 Å². The maximum Gasteiger partial charge on any atom is 0.524 e. The summed E-state index contributed by atoms with van der Waals surface area (Å²) >= 11 is 0. The molecule has 0 spiro atoms. The zero-order valence-corrected chi connectivity index (χ0v) is 25.1. The first-order valence-electron chi connectivity index (χ1n) is 12.2. The Bertz CT molecular complexity index is 1310. The molecule has 17 nitrogen and oxygen atoms in total. The average Bonchev–Trinajstić information content (AvgIpc) is 2.96. The van der Waals surface area contributed by atoms with Crippen LogP contribution in [0.4, 0.5) is 0 Å². The monoisotopic (exact) mass is 629 g/mol. The van der Waals surface area contributed by atoms with Crippen molar-refractivity contribution >= 4 is 31.9 Å². The second-order valence-corrected chi connectivity index (χ2v) is 9.36. The first kappa shape index (κ1) is 36.5. The average molecular weight is 630 g/mol. The van der Waals surface area contributed by atoms with E-state index in [1.807, 2.05) is 0 Å². The molecule has 0 aliphatic carbocycles. The van der Waals surface area contributed by atoms with E-state index >= 15 is 0 Å². The predicted octanol–water partition coefficient (Wildman–Crippen LogP) is 1.73. The molecule has 0 saturated carbocycles. The lowest BCUT2D eigenvalue weighted by molar-refractivity contribution is -0.525. The number of hydrogen-bond acceptors (Lipinski definition) is 12. The van der Waals surface area contributed by atoms with Crippen LogP contribution in [-0.2, 0) is 14.1 Å². The van der Waals surface area contributed by atoms with Gasteiger partial charge in [-0.2, -0.15) is 0 Å². The zero-order valence-electron chi connectivity index (χ0n) is 24.2. The number of rotatable bonds is 14. The molecule has 238 valence electrons. The number of carbonyl (C=O) groups is 1. The number of guanidine groups is 1. The molecule has 2 aromatic carbocycles. The Morgan fingerprint density at radius 3 is 2.05 bits per heavy atom. The molecule has 2 rings (SSSR count). The van der Waals surface area contributed by atoms with Crippen LogP contribution in [-0.4, -0.2) is 74.9 Å². The van der Waals surface area contributed by atoms with Gasteiger partial charge in [-0.05, 0) is 48.2 Å². The molecule has 7 N–H and O–H groups in total. The van der Waals surface area contributed by atoms with Gasteiger partial charge in [0, 0.05) is 6.54 Å². The fourth-order valence-electron chi connectivity index (χ4n) is 3.30. The van der Waals surface area contributed by atoms with E-state index in [1.165, 1.54) is 41.6 Å². The van der Waals surface area contributed by atoms with Gasteiger partial charge in [-0.15, -0.1) is 0 Å². The number of nitrogens with zero attached hydrogens (tertiary/aromatic N) is 2. The highest BCUT2D eigenvalue weighted by Crippen LogP contribution is 2.42. The van der Waals surface area contributed by atoms with Crippen molar-refractivity contribution in [1.29, 1.82) is 0 Å². The van der Waals surface area contributed by atoms with Crippen LogP contribution in [0.1, 0.15) is 24.0 Å². The molecule has 18 heteroatoms. The third kappa shape index (κ3) is 13.3. The van der Waals surface area contributed by atoms with Gasteiger partial charge in [-0.3, -0.25) is 14.6 Å². The molecule has 0 aromatic heterocycles. The summed E-state index contributed by atoms with van der Waals surface area (Å²) in [6, 6.07) is 7.58. The van der Waals surface area contributed by atoms with Gasteiger partial charge in [0.2, 0.25) is 5.75 Å². The molecule has 0 amide bonds. The number of hydrogen-bond donors (Lipinski definition) is 5. The van der Waals surface area contributed by atoms with Crippen LogP contribution in [0, 0.1) is 10.1 Å². The summed E-state index contributed by atoms with van der Waals surface area (Å²) in [6.07, 6.45) is 4.39. The van der Waals surface area contributed by atoms with Crippen molar-refractivity contribution in [2.75, 3.05) is 42.1 Å². The van der Waals surface area contributed by atoms with Crippen LogP contribution in [0.15, 0.2) is 35.3 Å². The van der Waals surface area contributed by atoms with Gasteiger partial charge in [-0.1, -0.05) is 23.6 Å². The topological polar surface area (TPSA) is 250 Å². The molecule has 0 aliphatic rings. The molecule has 0 heterocycles. The van der Waals surface area contributed by atoms with Crippen molar-refractivity contribution in [2.45, 2.75) is 18.9 Å². The Kier molecular flexibility index (Phi) is 15.3. The van der Waals surface area contributed by atoms with Gasteiger partial charge in [-0.25, -0.2) is 19.7 Å². The van der Waals surface area contributed by atoms with Crippen LogP contribution in [0.5, 0.6) is 28.7 Å². The lowest BCUT2D eigenvalue weighted by atomic mass is 10.1. The minimum Gasteiger partial charge on any atom is -0.493 e. The molecular formula is C25H36N5O12P. The lowest BCUT2D eigenvalue weighted by Gasteiger charge is -2.13. The summed E-state index contributed by atoms with van der Waals surface area (Å²) in [5, 5.41) is 9.12. The SMILES string of the molecule is COC(=O)C(N)CCCN=C(N)N[N+](=O)[O-].COc1ccc(/C=C\c2cc(OC)c(OC)c(OC)c2)cc1OP(=O)(O)O. The standard InChI is InChI=1S/C18H21O8P.C7H15N5O4/c1-22-14-8-7-12(9-15(14)26-27(19,20)21)5-6-13-10-16(23-2)18(25-4)17(11-13)24-3;1-16-6(13)5(8)3-2-4-10-7(9)11-12(14)15/h5-11H,1-4H3,(H2,19,20,21);5H,2-4,8H2,1H3,(H3,9,10,11)/b6-5-;. The third-order valence-corrected chi connectivity index (χ3v) is 5.66. The number of phosphoric acid groups is 1. The van der Waals surface area contributed by atoms with Crippen molar-refractivity contribution in [3.05, 3.63) is 51.6 Å². The van der Waals surface area contributed by atoms with Gasteiger partial charge in [0.25, 0.3) is 5.96 Å². The number of benzene rings is 2. The summed E-state index contributed by atoms with van der Waals surface area (Å²) in [5.41, 5.74) is 13.7. The lowest BCUT2D eigenvalue weighted by Crippen LogP contribution is -2.36. The van der Waals surface area contributed by atoms with Gasteiger partial charge < -0.3 is 39.7 Å². The number of aliphatic imine (C=N–C) groups is 1. The van der Waals surface area contributed by atoms with Crippen molar-refractivity contribution in [2.24, 2.45) is 16.5 Å². The first-order chi connectivity index (χ1) is 20.3. The van der Waals surface area contributed by atoms with E-state index in [4.69, 9.17) is 40.2 Å². The number of hydrazine groups is 1. The number of phosphoric ester groups is 1. The third-order valence-electron chi connectivity index (χ3n) is 5.23. The number of methoxy groups -OCH3 is 5. The Labute approximate surface area is 247 Å². The predicted molar refractivity (Wildman–Crippen MR) is 157 cm³/mol. The van der Waals surface area contributed by atoms with Gasteiger partial charge in [0.1, 0.15) is 6.04 Å². The van der Waals surface area contributed by atoms with E-state index in [2.05, 4.69) is 14.3 Å².